The van der Waals surface area contributed by atoms with Crippen LogP contribution in [0.1, 0.15) is 11.1 Å². The van der Waals surface area contributed by atoms with Crippen molar-refractivity contribution in [2.24, 2.45) is 0 Å². The highest BCUT2D eigenvalue weighted by atomic mass is 16.5. The van der Waals surface area contributed by atoms with Gasteiger partial charge in [0.15, 0.2) is 0 Å². The average molecular weight is 284 g/mol. The monoisotopic (exact) mass is 284 g/mol. The minimum atomic E-state index is 0.613. The third-order valence-corrected chi connectivity index (χ3v) is 3.37. The zero-order valence-electron chi connectivity index (χ0n) is 12.9. The first kappa shape index (κ1) is 15.5. The highest BCUT2D eigenvalue weighted by Crippen LogP contribution is 2.15. The van der Waals surface area contributed by atoms with Gasteiger partial charge in [0, 0.05) is 19.6 Å². The van der Waals surface area contributed by atoms with Crippen molar-refractivity contribution in [3.8, 4) is 5.75 Å². The lowest BCUT2D eigenvalue weighted by Crippen LogP contribution is -2.26. The van der Waals surface area contributed by atoms with Crippen molar-refractivity contribution >= 4 is 0 Å². The average Bonchev–Trinajstić information content (AvgIpc) is 2.53. The Bertz CT molecular complexity index is 511. The molecule has 2 aromatic carbocycles. The number of rotatable bonds is 8. The molecule has 0 aromatic heterocycles. The largest absolute Gasteiger partial charge is 0.489 e. The maximum atomic E-state index is 5.79. The molecule has 3 heteroatoms. The van der Waals surface area contributed by atoms with Crippen LogP contribution in [-0.4, -0.2) is 32.1 Å². The van der Waals surface area contributed by atoms with Crippen LogP contribution in [0.2, 0.25) is 0 Å². The van der Waals surface area contributed by atoms with Crippen LogP contribution >= 0.6 is 0 Å². The van der Waals surface area contributed by atoms with Crippen LogP contribution in [0.4, 0.5) is 0 Å². The molecule has 0 amide bonds. The number of hydrogen-bond acceptors (Lipinski definition) is 3. The Hall–Kier alpha value is -1.84. The van der Waals surface area contributed by atoms with E-state index in [0.29, 0.717) is 6.61 Å². The molecular weight excluding hydrogens is 260 g/mol. The van der Waals surface area contributed by atoms with Gasteiger partial charge in [0.2, 0.25) is 0 Å². The molecule has 0 saturated carbocycles. The van der Waals surface area contributed by atoms with E-state index in [4.69, 9.17) is 4.74 Å². The fourth-order valence-corrected chi connectivity index (χ4v) is 2.13. The molecule has 0 bridgehead atoms. The molecule has 2 rings (SSSR count). The summed E-state index contributed by atoms with van der Waals surface area (Å²) in [7, 11) is 4.11. The summed E-state index contributed by atoms with van der Waals surface area (Å²) in [6, 6.07) is 18.6. The van der Waals surface area contributed by atoms with Gasteiger partial charge in [-0.1, -0.05) is 42.5 Å². The topological polar surface area (TPSA) is 24.5 Å². The van der Waals surface area contributed by atoms with E-state index in [1.165, 1.54) is 11.1 Å². The van der Waals surface area contributed by atoms with Crippen LogP contribution in [0.25, 0.3) is 0 Å². The summed E-state index contributed by atoms with van der Waals surface area (Å²) in [5, 5.41) is 3.16. The molecule has 0 radical (unpaired) electrons. The van der Waals surface area contributed by atoms with Gasteiger partial charge in [0.05, 0.1) is 0 Å². The van der Waals surface area contributed by atoms with Gasteiger partial charge in [-0.05, 0) is 37.4 Å². The second-order valence-electron chi connectivity index (χ2n) is 5.26. The van der Waals surface area contributed by atoms with Crippen molar-refractivity contribution in [1.82, 2.24) is 10.2 Å². The second kappa shape index (κ2) is 8.45. The molecule has 3 nitrogen and oxygen atoms in total. The van der Waals surface area contributed by atoms with Crippen molar-refractivity contribution in [3.63, 3.8) is 0 Å². The first-order chi connectivity index (χ1) is 10.3. The molecule has 0 fully saturated rings. The number of hydrogen-bond donors (Lipinski definition) is 1. The smallest absolute Gasteiger partial charge is 0.119 e. The van der Waals surface area contributed by atoms with Gasteiger partial charge in [-0.25, -0.2) is 0 Å². The molecule has 0 heterocycles. The number of nitrogens with zero attached hydrogens (tertiary/aromatic N) is 1. The second-order valence-corrected chi connectivity index (χ2v) is 5.26. The maximum Gasteiger partial charge on any atom is 0.119 e. The van der Waals surface area contributed by atoms with Crippen molar-refractivity contribution in [3.05, 3.63) is 65.7 Å². The lowest BCUT2D eigenvalue weighted by atomic mass is 10.2. The molecule has 0 aliphatic rings. The van der Waals surface area contributed by atoms with E-state index < -0.39 is 0 Å². The summed E-state index contributed by atoms with van der Waals surface area (Å²) in [6.45, 7) is 3.63. The molecule has 0 saturated heterocycles. The molecule has 0 atom stereocenters. The number of ether oxygens (including phenoxy) is 1. The lowest BCUT2D eigenvalue weighted by Gasteiger charge is -2.16. The highest BCUT2D eigenvalue weighted by molar-refractivity contribution is 5.27. The zero-order valence-corrected chi connectivity index (χ0v) is 12.9. The molecule has 0 spiro atoms. The molecule has 21 heavy (non-hydrogen) atoms. The van der Waals surface area contributed by atoms with E-state index in [2.05, 4.69) is 41.5 Å². The Balaban J connectivity index is 1.81. The van der Waals surface area contributed by atoms with Gasteiger partial charge in [-0.2, -0.15) is 0 Å². The summed E-state index contributed by atoms with van der Waals surface area (Å²) in [6.07, 6.45) is 0. The summed E-state index contributed by atoms with van der Waals surface area (Å²) in [5.41, 5.74) is 2.49. The van der Waals surface area contributed by atoms with Crippen LogP contribution in [0.5, 0.6) is 5.75 Å². The summed E-state index contributed by atoms with van der Waals surface area (Å²) < 4.78 is 5.79. The van der Waals surface area contributed by atoms with Gasteiger partial charge in [0.1, 0.15) is 12.4 Å². The van der Waals surface area contributed by atoms with Gasteiger partial charge in [0.25, 0.3) is 0 Å². The predicted molar refractivity (Wildman–Crippen MR) is 87.5 cm³/mol. The van der Waals surface area contributed by atoms with Crippen molar-refractivity contribution in [1.29, 1.82) is 0 Å². The van der Waals surface area contributed by atoms with E-state index >= 15 is 0 Å². The molecular formula is C18H24N2O. The van der Waals surface area contributed by atoms with Crippen LogP contribution in [-0.2, 0) is 13.2 Å². The predicted octanol–water partition coefficient (Wildman–Crippen LogP) is 2.92. The van der Waals surface area contributed by atoms with E-state index in [-0.39, 0.29) is 0 Å². The van der Waals surface area contributed by atoms with Gasteiger partial charge in [-0.15, -0.1) is 0 Å². The lowest BCUT2D eigenvalue weighted by molar-refractivity contribution is 0.305. The minimum absolute atomic E-state index is 0.613. The van der Waals surface area contributed by atoms with E-state index in [0.717, 1.165) is 25.4 Å². The molecule has 0 aliphatic carbocycles. The standard InChI is InChI=1S/C18H24N2O/c1-19-12-13-20(2)14-16-8-10-18(11-9-16)21-15-17-6-4-3-5-7-17/h3-11,19H,12-15H2,1-2H3. The van der Waals surface area contributed by atoms with Gasteiger partial charge < -0.3 is 15.0 Å². The van der Waals surface area contributed by atoms with E-state index in [1.54, 1.807) is 0 Å². The Kier molecular flexibility index (Phi) is 6.25. The third-order valence-electron chi connectivity index (χ3n) is 3.37. The fourth-order valence-electron chi connectivity index (χ4n) is 2.13. The quantitative estimate of drug-likeness (QED) is 0.806. The van der Waals surface area contributed by atoms with Crippen molar-refractivity contribution in [2.45, 2.75) is 13.2 Å². The normalized spacial score (nSPS) is 10.8. The van der Waals surface area contributed by atoms with Crippen LogP contribution in [0, 0.1) is 0 Å². The molecule has 2 aromatic rings. The maximum absolute atomic E-state index is 5.79. The van der Waals surface area contributed by atoms with Crippen LogP contribution in [0.3, 0.4) is 0 Å². The van der Waals surface area contributed by atoms with Gasteiger partial charge in [-0.3, -0.25) is 0 Å². The first-order valence-corrected chi connectivity index (χ1v) is 7.37. The highest BCUT2D eigenvalue weighted by Gasteiger charge is 2.01. The van der Waals surface area contributed by atoms with Crippen LogP contribution in [0.15, 0.2) is 54.6 Å². The number of nitrogens with one attached hydrogen (secondary N) is 1. The van der Waals surface area contributed by atoms with Gasteiger partial charge >= 0.3 is 0 Å². The molecule has 0 aliphatic heterocycles. The van der Waals surface area contributed by atoms with Crippen molar-refractivity contribution < 1.29 is 4.74 Å². The SMILES string of the molecule is CNCCN(C)Cc1ccc(OCc2ccccc2)cc1. The minimum Gasteiger partial charge on any atom is -0.489 e. The Morgan fingerprint density at radius 1 is 0.952 bits per heavy atom. The summed E-state index contributed by atoms with van der Waals surface area (Å²) in [4.78, 5) is 2.30. The molecule has 1 N–H and O–H groups in total. The fraction of sp³-hybridized carbons (Fsp3) is 0.333. The van der Waals surface area contributed by atoms with Crippen molar-refractivity contribution in [2.75, 3.05) is 27.2 Å². The molecule has 0 unspecified atom stereocenters. The Morgan fingerprint density at radius 2 is 1.67 bits per heavy atom. The molecule has 112 valence electrons. The van der Waals surface area contributed by atoms with Crippen LogP contribution < -0.4 is 10.1 Å². The Labute approximate surface area is 127 Å². The zero-order chi connectivity index (χ0) is 14.9. The summed E-state index contributed by atoms with van der Waals surface area (Å²) >= 11 is 0. The first-order valence-electron chi connectivity index (χ1n) is 7.37. The Morgan fingerprint density at radius 3 is 2.33 bits per heavy atom. The third kappa shape index (κ3) is 5.58. The summed E-state index contributed by atoms with van der Waals surface area (Å²) in [5.74, 6) is 0.917. The van der Waals surface area contributed by atoms with E-state index in [9.17, 15) is 0 Å². The van der Waals surface area contributed by atoms with E-state index in [1.807, 2.05) is 37.4 Å². The number of likely N-dealkylation sites (N-methyl/N-ethyl adjacent to an activating group) is 2. The number of benzene rings is 2.